The lowest BCUT2D eigenvalue weighted by Gasteiger charge is -2.14. The Balaban J connectivity index is 1.57. The number of rotatable bonds is 9. The highest BCUT2D eigenvalue weighted by molar-refractivity contribution is 7.15. The van der Waals surface area contributed by atoms with Gasteiger partial charge in [0.05, 0.1) is 5.92 Å². The maximum absolute atomic E-state index is 12.7. The van der Waals surface area contributed by atoms with Crippen molar-refractivity contribution < 1.29 is 14.3 Å². The molecule has 3 rings (SSSR count). The van der Waals surface area contributed by atoms with Crippen LogP contribution in [0.25, 0.3) is 0 Å². The average molecular weight is 436 g/mol. The SMILES string of the molecule is CCC(C(=N)C(=O)OCc1ccccc1)C(=O)Nc1ncc(Cc2cccc(C)c2)s1. The van der Waals surface area contributed by atoms with Crippen LogP contribution in [0, 0.1) is 18.3 Å². The molecule has 1 heterocycles. The molecule has 1 amide bonds. The molecule has 1 unspecified atom stereocenters. The van der Waals surface area contributed by atoms with Crippen LogP contribution in [-0.4, -0.2) is 22.6 Å². The van der Waals surface area contributed by atoms with E-state index in [2.05, 4.69) is 22.4 Å². The Morgan fingerprint density at radius 2 is 1.87 bits per heavy atom. The van der Waals surface area contributed by atoms with Gasteiger partial charge in [-0.1, -0.05) is 67.1 Å². The molecule has 1 atom stereocenters. The van der Waals surface area contributed by atoms with Crippen LogP contribution in [0.3, 0.4) is 0 Å². The number of aryl methyl sites for hydroxylation is 1. The number of amides is 1. The second-order valence-electron chi connectivity index (χ2n) is 7.22. The van der Waals surface area contributed by atoms with Gasteiger partial charge in [0.2, 0.25) is 5.91 Å². The molecule has 0 aliphatic heterocycles. The second kappa shape index (κ2) is 10.6. The molecule has 3 aromatic rings. The summed E-state index contributed by atoms with van der Waals surface area (Å²) in [6, 6.07) is 17.5. The van der Waals surface area contributed by atoms with Gasteiger partial charge in [-0.3, -0.25) is 10.2 Å². The normalized spacial score (nSPS) is 11.5. The zero-order chi connectivity index (χ0) is 22.2. The van der Waals surface area contributed by atoms with Crippen molar-refractivity contribution in [1.29, 1.82) is 5.41 Å². The first kappa shape index (κ1) is 22.4. The molecule has 7 heteroatoms. The minimum atomic E-state index is -0.896. The van der Waals surface area contributed by atoms with Gasteiger partial charge in [-0.15, -0.1) is 11.3 Å². The number of esters is 1. The number of benzene rings is 2. The van der Waals surface area contributed by atoms with Crippen LogP contribution < -0.4 is 5.32 Å². The molecule has 2 aromatic carbocycles. The molecular formula is C24H25N3O3S. The first-order chi connectivity index (χ1) is 15.0. The lowest BCUT2D eigenvalue weighted by molar-refractivity contribution is -0.137. The zero-order valence-corrected chi connectivity index (χ0v) is 18.4. The summed E-state index contributed by atoms with van der Waals surface area (Å²) in [7, 11) is 0. The van der Waals surface area contributed by atoms with Crippen LogP contribution in [0.2, 0.25) is 0 Å². The van der Waals surface area contributed by atoms with Crippen molar-refractivity contribution in [3.8, 4) is 0 Å². The first-order valence-corrected chi connectivity index (χ1v) is 10.9. The molecule has 0 saturated heterocycles. The summed E-state index contributed by atoms with van der Waals surface area (Å²) in [5, 5.41) is 11.3. The Hall–Kier alpha value is -3.32. The van der Waals surface area contributed by atoms with E-state index in [0.29, 0.717) is 11.6 Å². The van der Waals surface area contributed by atoms with Crippen LogP contribution in [-0.2, 0) is 27.4 Å². The maximum atomic E-state index is 12.7. The fourth-order valence-corrected chi connectivity index (χ4v) is 3.98. The van der Waals surface area contributed by atoms with Gasteiger partial charge < -0.3 is 10.1 Å². The van der Waals surface area contributed by atoms with Crippen LogP contribution in [0.15, 0.2) is 60.8 Å². The largest absolute Gasteiger partial charge is 0.456 e. The standard InChI is InChI=1S/C24H25N3O3S/c1-3-20(21(25)23(29)30-15-17-9-5-4-6-10-17)22(28)27-24-26-14-19(31-24)13-18-11-7-8-16(2)12-18/h4-12,14,20,25H,3,13,15H2,1-2H3,(H,26,27,28). The van der Waals surface area contributed by atoms with Gasteiger partial charge in [0, 0.05) is 17.5 Å². The number of hydrogen-bond acceptors (Lipinski definition) is 6. The minimum absolute atomic E-state index is 0.0644. The third-order valence-corrected chi connectivity index (χ3v) is 5.66. The average Bonchev–Trinajstić information content (AvgIpc) is 3.19. The number of carbonyl (C=O) groups is 2. The molecule has 0 bridgehead atoms. The first-order valence-electron chi connectivity index (χ1n) is 10.1. The van der Waals surface area contributed by atoms with E-state index in [-0.39, 0.29) is 12.3 Å². The quantitative estimate of drug-likeness (QED) is 0.374. The van der Waals surface area contributed by atoms with E-state index in [1.807, 2.05) is 49.4 Å². The molecule has 0 aliphatic carbocycles. The van der Waals surface area contributed by atoms with Crippen LogP contribution in [0.1, 0.15) is 34.9 Å². The summed E-state index contributed by atoms with van der Waals surface area (Å²) < 4.78 is 5.20. The summed E-state index contributed by atoms with van der Waals surface area (Å²) in [6.07, 6.45) is 2.78. The van der Waals surface area contributed by atoms with Gasteiger partial charge in [0.15, 0.2) is 5.13 Å². The summed E-state index contributed by atoms with van der Waals surface area (Å²) in [4.78, 5) is 30.2. The van der Waals surface area contributed by atoms with Gasteiger partial charge in [-0.25, -0.2) is 9.78 Å². The molecule has 6 nitrogen and oxygen atoms in total. The molecule has 2 N–H and O–H groups in total. The van der Waals surface area contributed by atoms with Gasteiger partial charge in [-0.05, 0) is 24.5 Å². The fourth-order valence-electron chi connectivity index (χ4n) is 3.13. The summed E-state index contributed by atoms with van der Waals surface area (Å²) in [5.74, 6) is -2.11. The summed E-state index contributed by atoms with van der Waals surface area (Å²) in [5.41, 5.74) is 2.84. The molecule has 1 aromatic heterocycles. The van der Waals surface area contributed by atoms with Crippen molar-refractivity contribution in [2.45, 2.75) is 33.3 Å². The Bertz CT molecular complexity index is 1060. The Labute approximate surface area is 185 Å². The van der Waals surface area contributed by atoms with E-state index in [9.17, 15) is 9.59 Å². The van der Waals surface area contributed by atoms with E-state index in [1.54, 1.807) is 13.1 Å². The third-order valence-electron chi connectivity index (χ3n) is 4.75. The van der Waals surface area contributed by atoms with Gasteiger partial charge in [0.25, 0.3) is 0 Å². The van der Waals surface area contributed by atoms with E-state index < -0.39 is 17.8 Å². The Morgan fingerprint density at radius 1 is 1.13 bits per heavy atom. The smallest absolute Gasteiger partial charge is 0.353 e. The number of nitrogens with one attached hydrogen (secondary N) is 2. The third kappa shape index (κ3) is 6.33. The Morgan fingerprint density at radius 3 is 2.58 bits per heavy atom. The van der Waals surface area contributed by atoms with Crippen LogP contribution in [0.4, 0.5) is 5.13 Å². The molecular weight excluding hydrogens is 410 g/mol. The number of ether oxygens (including phenoxy) is 1. The predicted molar refractivity (Wildman–Crippen MR) is 122 cm³/mol. The zero-order valence-electron chi connectivity index (χ0n) is 17.6. The molecule has 31 heavy (non-hydrogen) atoms. The van der Waals surface area contributed by atoms with Crippen molar-refractivity contribution in [1.82, 2.24) is 4.98 Å². The van der Waals surface area contributed by atoms with Crippen molar-refractivity contribution in [2.75, 3.05) is 5.32 Å². The maximum Gasteiger partial charge on any atom is 0.353 e. The number of carbonyl (C=O) groups excluding carboxylic acids is 2. The van der Waals surface area contributed by atoms with Crippen molar-refractivity contribution in [2.24, 2.45) is 5.92 Å². The van der Waals surface area contributed by atoms with E-state index >= 15 is 0 Å². The molecule has 0 fully saturated rings. The predicted octanol–water partition coefficient (Wildman–Crippen LogP) is 4.77. The molecule has 0 spiro atoms. The second-order valence-corrected chi connectivity index (χ2v) is 8.34. The Kier molecular flexibility index (Phi) is 7.67. The number of hydrogen-bond donors (Lipinski definition) is 2. The van der Waals surface area contributed by atoms with E-state index in [0.717, 1.165) is 16.9 Å². The number of aromatic nitrogens is 1. The number of anilines is 1. The monoisotopic (exact) mass is 435 g/mol. The fraction of sp³-hybridized carbons (Fsp3) is 0.250. The summed E-state index contributed by atoms with van der Waals surface area (Å²) >= 11 is 1.39. The highest BCUT2D eigenvalue weighted by atomic mass is 32.1. The van der Waals surface area contributed by atoms with Gasteiger partial charge >= 0.3 is 5.97 Å². The highest BCUT2D eigenvalue weighted by Gasteiger charge is 2.28. The van der Waals surface area contributed by atoms with E-state index in [4.69, 9.17) is 10.1 Å². The lowest BCUT2D eigenvalue weighted by Crippen LogP contribution is -2.34. The van der Waals surface area contributed by atoms with Gasteiger partial charge in [-0.2, -0.15) is 0 Å². The minimum Gasteiger partial charge on any atom is -0.456 e. The van der Waals surface area contributed by atoms with Gasteiger partial charge in [0.1, 0.15) is 12.3 Å². The molecule has 0 aliphatic rings. The van der Waals surface area contributed by atoms with Crippen molar-refractivity contribution >= 4 is 34.1 Å². The number of thiazole rings is 1. The van der Waals surface area contributed by atoms with Crippen molar-refractivity contribution in [3.63, 3.8) is 0 Å². The number of nitrogens with zero attached hydrogens (tertiary/aromatic N) is 1. The summed E-state index contributed by atoms with van der Waals surface area (Å²) in [6.45, 7) is 3.87. The lowest BCUT2D eigenvalue weighted by atomic mass is 9.99. The highest BCUT2D eigenvalue weighted by Crippen LogP contribution is 2.23. The molecule has 160 valence electrons. The van der Waals surface area contributed by atoms with E-state index in [1.165, 1.54) is 22.5 Å². The topological polar surface area (TPSA) is 92.1 Å². The van der Waals surface area contributed by atoms with Crippen LogP contribution in [0.5, 0.6) is 0 Å². The molecule has 0 saturated carbocycles. The molecule has 0 radical (unpaired) electrons. The van der Waals surface area contributed by atoms with Crippen molar-refractivity contribution in [3.05, 3.63) is 82.4 Å². The van der Waals surface area contributed by atoms with Crippen LogP contribution >= 0.6 is 11.3 Å².